The zero-order valence-corrected chi connectivity index (χ0v) is 13.7. The number of methoxy groups -OCH3 is 1. The number of hydrogen-bond donors (Lipinski definition) is 1. The average molecular weight is 376 g/mol. The van der Waals surface area contributed by atoms with Gasteiger partial charge in [0.15, 0.2) is 11.6 Å². The fourth-order valence-electron chi connectivity index (χ4n) is 2.84. The fourth-order valence-corrected chi connectivity index (χ4v) is 2.84. The maximum Gasteiger partial charge on any atom is 0.387 e. The van der Waals surface area contributed by atoms with Gasteiger partial charge in [0.1, 0.15) is 11.5 Å². The van der Waals surface area contributed by atoms with E-state index in [9.17, 15) is 18.0 Å². The second kappa shape index (κ2) is 6.31. The topological polar surface area (TPSA) is 82.0 Å². The molecule has 0 aliphatic heterocycles. The normalized spacial score (nSPS) is 11.4. The molecule has 0 fully saturated rings. The third-order valence-electron chi connectivity index (χ3n) is 3.95. The number of ether oxygens (including phenoxy) is 2. The zero-order chi connectivity index (χ0) is 19.1. The van der Waals surface area contributed by atoms with Crippen molar-refractivity contribution in [3.8, 4) is 17.3 Å². The summed E-state index contributed by atoms with van der Waals surface area (Å²) < 4.78 is 49.4. The van der Waals surface area contributed by atoms with Crippen LogP contribution in [0, 0.1) is 5.82 Å². The van der Waals surface area contributed by atoms with Gasteiger partial charge in [-0.1, -0.05) is 0 Å². The third kappa shape index (κ3) is 2.84. The van der Waals surface area contributed by atoms with E-state index in [0.29, 0.717) is 27.7 Å². The van der Waals surface area contributed by atoms with Crippen molar-refractivity contribution in [2.75, 3.05) is 7.11 Å². The van der Waals surface area contributed by atoms with Gasteiger partial charge >= 0.3 is 12.3 Å². The number of aromatic amines is 1. The summed E-state index contributed by atoms with van der Waals surface area (Å²) in [5, 5.41) is 0.556. The van der Waals surface area contributed by atoms with Crippen LogP contribution in [0.5, 0.6) is 11.5 Å². The molecule has 0 spiro atoms. The van der Waals surface area contributed by atoms with Crippen molar-refractivity contribution in [3.63, 3.8) is 0 Å². The maximum absolute atomic E-state index is 14.5. The summed E-state index contributed by atoms with van der Waals surface area (Å²) in [4.78, 5) is 23.0. The number of fused-ring (bicyclic) bond motifs is 3. The number of imidazole rings is 1. The summed E-state index contributed by atoms with van der Waals surface area (Å²) in [6.45, 7) is -3.11. The van der Waals surface area contributed by atoms with Crippen molar-refractivity contribution in [1.29, 1.82) is 0 Å². The predicted molar refractivity (Wildman–Crippen MR) is 90.1 cm³/mol. The van der Waals surface area contributed by atoms with E-state index in [-0.39, 0.29) is 5.82 Å². The van der Waals surface area contributed by atoms with Gasteiger partial charge in [-0.25, -0.2) is 18.7 Å². The smallest absolute Gasteiger partial charge is 0.387 e. The SMILES string of the molecule is COc1ccc2c(c1)ncc1[nH]c(=O)n(-c3ncc(OC(F)F)cc3F)c12. The minimum atomic E-state index is -3.11. The van der Waals surface area contributed by atoms with E-state index in [2.05, 4.69) is 19.7 Å². The molecule has 27 heavy (non-hydrogen) atoms. The fraction of sp³-hybridized carbons (Fsp3) is 0.118. The number of pyridine rings is 2. The Labute approximate surface area is 149 Å². The molecule has 1 N–H and O–H groups in total. The number of hydrogen-bond acceptors (Lipinski definition) is 5. The highest BCUT2D eigenvalue weighted by molar-refractivity contribution is 6.03. The molecular weight excluding hydrogens is 365 g/mol. The van der Waals surface area contributed by atoms with Crippen LogP contribution in [0.15, 0.2) is 41.5 Å². The first-order valence-corrected chi connectivity index (χ1v) is 7.66. The van der Waals surface area contributed by atoms with Gasteiger partial charge in [-0.3, -0.25) is 4.98 Å². The molecule has 4 aromatic rings. The molecule has 1 aromatic carbocycles. The van der Waals surface area contributed by atoms with Crippen molar-refractivity contribution in [2.45, 2.75) is 6.61 Å². The number of halogens is 3. The van der Waals surface area contributed by atoms with Crippen LogP contribution in [0.3, 0.4) is 0 Å². The quantitative estimate of drug-likeness (QED) is 0.592. The van der Waals surface area contributed by atoms with Crippen LogP contribution in [0.1, 0.15) is 0 Å². The predicted octanol–water partition coefficient (Wildman–Crippen LogP) is 3.01. The lowest BCUT2D eigenvalue weighted by atomic mass is 10.2. The molecule has 4 rings (SSSR count). The molecule has 3 aromatic heterocycles. The monoisotopic (exact) mass is 376 g/mol. The first-order valence-electron chi connectivity index (χ1n) is 7.66. The van der Waals surface area contributed by atoms with E-state index >= 15 is 0 Å². The molecule has 0 radical (unpaired) electrons. The molecule has 7 nitrogen and oxygen atoms in total. The van der Waals surface area contributed by atoms with Crippen LogP contribution in [-0.4, -0.2) is 33.2 Å². The Morgan fingerprint density at radius 2 is 1.96 bits per heavy atom. The van der Waals surface area contributed by atoms with Gasteiger partial charge in [0.25, 0.3) is 0 Å². The van der Waals surface area contributed by atoms with Crippen molar-refractivity contribution < 1.29 is 22.6 Å². The Bertz CT molecular complexity index is 1220. The summed E-state index contributed by atoms with van der Waals surface area (Å²) >= 11 is 0. The maximum atomic E-state index is 14.5. The van der Waals surface area contributed by atoms with Gasteiger partial charge in [0.05, 0.1) is 36.1 Å². The van der Waals surface area contributed by atoms with Gasteiger partial charge in [-0.05, 0) is 12.1 Å². The minimum absolute atomic E-state index is 0.349. The van der Waals surface area contributed by atoms with E-state index in [1.54, 1.807) is 18.2 Å². The molecule has 138 valence electrons. The van der Waals surface area contributed by atoms with Gasteiger partial charge in [0.2, 0.25) is 0 Å². The zero-order valence-electron chi connectivity index (χ0n) is 13.7. The molecule has 0 aliphatic rings. The third-order valence-corrected chi connectivity index (χ3v) is 3.95. The van der Waals surface area contributed by atoms with Gasteiger partial charge < -0.3 is 14.5 Å². The molecule has 0 unspecified atom stereocenters. The second-order valence-corrected chi connectivity index (χ2v) is 5.52. The van der Waals surface area contributed by atoms with Crippen LogP contribution < -0.4 is 15.2 Å². The number of aromatic nitrogens is 4. The summed E-state index contributed by atoms with van der Waals surface area (Å²) in [6.07, 6.45) is 2.35. The highest BCUT2D eigenvalue weighted by atomic mass is 19.3. The van der Waals surface area contributed by atoms with E-state index in [1.807, 2.05) is 0 Å². The number of alkyl halides is 2. The van der Waals surface area contributed by atoms with Crippen LogP contribution in [0.25, 0.3) is 27.8 Å². The van der Waals surface area contributed by atoms with Gasteiger partial charge in [-0.2, -0.15) is 8.78 Å². The molecule has 0 aliphatic carbocycles. The molecule has 0 atom stereocenters. The Balaban J connectivity index is 1.97. The summed E-state index contributed by atoms with van der Waals surface area (Å²) in [5.74, 6) is -1.22. The number of nitrogens with zero attached hydrogens (tertiary/aromatic N) is 3. The first-order chi connectivity index (χ1) is 13.0. The molecule has 3 heterocycles. The Morgan fingerprint density at radius 1 is 1.15 bits per heavy atom. The van der Waals surface area contributed by atoms with Crippen molar-refractivity contribution >= 4 is 21.9 Å². The van der Waals surface area contributed by atoms with E-state index in [0.717, 1.165) is 16.8 Å². The van der Waals surface area contributed by atoms with Gasteiger partial charge in [-0.15, -0.1) is 0 Å². The van der Waals surface area contributed by atoms with E-state index in [1.165, 1.54) is 13.3 Å². The van der Waals surface area contributed by atoms with Crippen molar-refractivity contribution in [1.82, 2.24) is 19.5 Å². The summed E-state index contributed by atoms with van der Waals surface area (Å²) in [5.41, 5.74) is 0.588. The van der Waals surface area contributed by atoms with Crippen LogP contribution in [0.2, 0.25) is 0 Å². The Hall–Kier alpha value is -3.56. The number of nitrogens with one attached hydrogen (secondary N) is 1. The van der Waals surface area contributed by atoms with Gasteiger partial charge in [0, 0.05) is 17.5 Å². The average Bonchev–Trinajstić information content (AvgIpc) is 2.97. The summed E-state index contributed by atoms with van der Waals surface area (Å²) in [7, 11) is 1.51. The molecular formula is C17H11F3N4O3. The largest absolute Gasteiger partial charge is 0.497 e. The summed E-state index contributed by atoms with van der Waals surface area (Å²) in [6, 6.07) is 5.76. The lowest BCUT2D eigenvalue weighted by molar-refractivity contribution is -0.0502. The van der Waals surface area contributed by atoms with E-state index in [4.69, 9.17) is 4.74 Å². The number of H-pyrrole nitrogens is 1. The first kappa shape index (κ1) is 16.9. The van der Waals surface area contributed by atoms with E-state index < -0.39 is 23.9 Å². The molecule has 10 heteroatoms. The minimum Gasteiger partial charge on any atom is -0.497 e. The highest BCUT2D eigenvalue weighted by Crippen LogP contribution is 2.27. The highest BCUT2D eigenvalue weighted by Gasteiger charge is 2.18. The lowest BCUT2D eigenvalue weighted by Gasteiger charge is -2.09. The second-order valence-electron chi connectivity index (χ2n) is 5.52. The molecule has 0 saturated carbocycles. The molecule has 0 amide bonds. The standard InChI is InChI=1S/C17H11F3N4O3/c1-26-8-2-3-10-12(5-8)21-7-13-14(10)24(17(25)23-13)15-11(18)4-9(6-22-15)27-16(19)20/h2-7,16H,1H3,(H,23,25). The van der Waals surface area contributed by atoms with Crippen molar-refractivity contribution in [2.24, 2.45) is 0 Å². The molecule has 0 saturated heterocycles. The van der Waals surface area contributed by atoms with Crippen molar-refractivity contribution in [3.05, 3.63) is 53.0 Å². The van der Waals surface area contributed by atoms with Crippen LogP contribution in [-0.2, 0) is 0 Å². The Kier molecular flexibility index (Phi) is 3.94. The lowest BCUT2D eigenvalue weighted by Crippen LogP contribution is -2.17. The Morgan fingerprint density at radius 3 is 2.67 bits per heavy atom. The molecule has 0 bridgehead atoms. The number of benzene rings is 1. The number of rotatable bonds is 4. The van der Waals surface area contributed by atoms with Crippen LogP contribution in [0.4, 0.5) is 13.2 Å². The van der Waals surface area contributed by atoms with Crippen LogP contribution >= 0.6 is 0 Å².